The Kier molecular flexibility index (Phi) is 3.21. The van der Waals surface area contributed by atoms with Gasteiger partial charge in [0, 0.05) is 12.6 Å². The molecule has 1 amide bonds. The number of hydrogen-bond donors (Lipinski definition) is 1. The Bertz CT molecular complexity index is 1050. The molecule has 5 rings (SSSR count). The number of anilines is 2. The maximum Gasteiger partial charge on any atom is 0.261 e. The highest BCUT2D eigenvalue weighted by Crippen LogP contribution is 2.39. The average molecular weight is 372 g/mol. The highest BCUT2D eigenvalue weighted by molar-refractivity contribution is 7.92. The average Bonchev–Trinajstić information content (AvgIpc) is 3.20. The van der Waals surface area contributed by atoms with E-state index in [1.54, 1.807) is 35.2 Å². The van der Waals surface area contributed by atoms with Gasteiger partial charge in [0.25, 0.3) is 10.0 Å². The van der Waals surface area contributed by atoms with Crippen molar-refractivity contribution in [2.45, 2.75) is 24.2 Å². The van der Waals surface area contributed by atoms with Crippen LogP contribution in [0.5, 0.6) is 11.5 Å². The summed E-state index contributed by atoms with van der Waals surface area (Å²) in [7, 11) is -3.77. The summed E-state index contributed by atoms with van der Waals surface area (Å²) in [5, 5.41) is 0. The fourth-order valence-electron chi connectivity index (χ4n) is 3.78. The number of fused-ring (bicyclic) bond motifs is 1. The Balaban J connectivity index is 1.51. The lowest BCUT2D eigenvalue weighted by Gasteiger charge is -2.26. The summed E-state index contributed by atoms with van der Waals surface area (Å²) in [4.78, 5) is 14.1. The molecule has 2 aromatic carbocycles. The number of carbonyl (C=O) groups excluding carboxylic acids is 1. The van der Waals surface area contributed by atoms with Crippen molar-refractivity contribution in [3.05, 3.63) is 41.5 Å². The Morgan fingerprint density at radius 2 is 1.85 bits per heavy atom. The summed E-state index contributed by atoms with van der Waals surface area (Å²) in [6.07, 6.45) is 1.88. The Morgan fingerprint density at radius 1 is 1.04 bits per heavy atom. The van der Waals surface area contributed by atoms with Crippen LogP contribution in [0.15, 0.2) is 35.2 Å². The maximum atomic E-state index is 12.9. The van der Waals surface area contributed by atoms with E-state index in [0.29, 0.717) is 23.7 Å². The van der Waals surface area contributed by atoms with Crippen molar-refractivity contribution in [2.75, 3.05) is 23.0 Å². The molecule has 0 aromatic heterocycles. The first-order valence-corrected chi connectivity index (χ1v) is 9.88. The molecule has 0 saturated heterocycles. The number of nitrogens with one attached hydrogen (secondary N) is 1. The van der Waals surface area contributed by atoms with E-state index in [4.69, 9.17) is 9.47 Å². The van der Waals surface area contributed by atoms with Crippen molar-refractivity contribution in [2.24, 2.45) is 0 Å². The van der Waals surface area contributed by atoms with Crippen molar-refractivity contribution in [1.82, 2.24) is 0 Å². The third-order valence-electron chi connectivity index (χ3n) is 4.92. The van der Waals surface area contributed by atoms with Crippen molar-refractivity contribution in [3.63, 3.8) is 0 Å². The van der Waals surface area contributed by atoms with Gasteiger partial charge in [0.05, 0.1) is 22.7 Å². The smallest absolute Gasteiger partial charge is 0.261 e. The predicted molar refractivity (Wildman–Crippen MR) is 94.2 cm³/mol. The molecule has 0 spiro atoms. The van der Waals surface area contributed by atoms with Gasteiger partial charge in [-0.05, 0) is 48.2 Å². The third kappa shape index (κ3) is 2.33. The van der Waals surface area contributed by atoms with Crippen LogP contribution in [-0.2, 0) is 27.7 Å². The summed E-state index contributed by atoms with van der Waals surface area (Å²) in [5.74, 6) is 1.14. The molecule has 0 radical (unpaired) electrons. The van der Waals surface area contributed by atoms with Gasteiger partial charge >= 0.3 is 0 Å². The van der Waals surface area contributed by atoms with E-state index >= 15 is 0 Å². The summed E-state index contributed by atoms with van der Waals surface area (Å²) >= 11 is 0. The highest BCUT2D eigenvalue weighted by atomic mass is 32.2. The lowest BCUT2D eigenvalue weighted by atomic mass is 10.0. The molecule has 0 saturated carbocycles. The van der Waals surface area contributed by atoms with Crippen molar-refractivity contribution < 1.29 is 22.7 Å². The minimum absolute atomic E-state index is 0.0410. The SMILES string of the molecule is O=C1Cc2cc(S(=O)(=O)Nc3ccc4c(c3)OCO4)cc3c2N1CCC3. The largest absolute Gasteiger partial charge is 0.454 e. The number of nitrogens with zero attached hydrogens (tertiary/aromatic N) is 1. The number of aryl methyl sites for hydroxylation is 1. The molecule has 8 heteroatoms. The van der Waals surface area contributed by atoms with Crippen LogP contribution in [0, 0.1) is 0 Å². The second-order valence-corrected chi connectivity index (χ2v) is 8.27. The van der Waals surface area contributed by atoms with Gasteiger partial charge in [-0.15, -0.1) is 0 Å². The Morgan fingerprint density at radius 3 is 2.73 bits per heavy atom. The molecule has 134 valence electrons. The zero-order valence-electron chi connectivity index (χ0n) is 13.8. The van der Waals surface area contributed by atoms with Crippen molar-refractivity contribution >= 4 is 27.3 Å². The second-order valence-electron chi connectivity index (χ2n) is 6.59. The van der Waals surface area contributed by atoms with Gasteiger partial charge in [0.15, 0.2) is 11.5 Å². The number of rotatable bonds is 3. The van der Waals surface area contributed by atoms with Crippen LogP contribution in [0.1, 0.15) is 17.5 Å². The molecule has 3 aliphatic rings. The summed E-state index contributed by atoms with van der Waals surface area (Å²) < 4.78 is 38.9. The van der Waals surface area contributed by atoms with E-state index in [2.05, 4.69) is 4.72 Å². The van der Waals surface area contributed by atoms with Crippen molar-refractivity contribution in [1.29, 1.82) is 0 Å². The molecular formula is C18H16N2O5S. The lowest BCUT2D eigenvalue weighted by Crippen LogP contribution is -2.31. The van der Waals surface area contributed by atoms with Crippen LogP contribution in [0.2, 0.25) is 0 Å². The van der Waals surface area contributed by atoms with E-state index in [1.807, 2.05) is 0 Å². The summed E-state index contributed by atoms with van der Waals surface area (Å²) in [6.45, 7) is 0.838. The van der Waals surface area contributed by atoms with Crippen LogP contribution in [0.4, 0.5) is 11.4 Å². The van der Waals surface area contributed by atoms with Gasteiger partial charge in [-0.2, -0.15) is 0 Å². The molecule has 0 aliphatic carbocycles. The lowest BCUT2D eigenvalue weighted by molar-refractivity contribution is -0.117. The normalized spacial score (nSPS) is 17.4. The fraction of sp³-hybridized carbons (Fsp3) is 0.278. The molecule has 7 nitrogen and oxygen atoms in total. The number of amides is 1. The topological polar surface area (TPSA) is 84.9 Å². The maximum absolute atomic E-state index is 12.9. The van der Waals surface area contributed by atoms with Gasteiger partial charge in [-0.1, -0.05) is 0 Å². The molecule has 1 N–H and O–H groups in total. The molecule has 3 aliphatic heterocycles. The molecular weight excluding hydrogens is 356 g/mol. The van der Waals surface area contributed by atoms with Crippen molar-refractivity contribution in [3.8, 4) is 11.5 Å². The van der Waals surface area contributed by atoms with Crippen LogP contribution < -0.4 is 19.1 Å². The first-order valence-electron chi connectivity index (χ1n) is 8.40. The molecule has 0 unspecified atom stereocenters. The van der Waals surface area contributed by atoms with Gasteiger partial charge in [-0.3, -0.25) is 9.52 Å². The molecule has 2 aromatic rings. The summed E-state index contributed by atoms with van der Waals surface area (Å²) in [6, 6.07) is 8.19. The minimum Gasteiger partial charge on any atom is -0.454 e. The summed E-state index contributed by atoms with van der Waals surface area (Å²) in [5.41, 5.74) is 3.02. The molecule has 0 fully saturated rings. The van der Waals surface area contributed by atoms with E-state index in [-0.39, 0.29) is 24.0 Å². The Hall–Kier alpha value is -2.74. The number of hydrogen-bond acceptors (Lipinski definition) is 5. The quantitative estimate of drug-likeness (QED) is 0.891. The highest BCUT2D eigenvalue weighted by Gasteiger charge is 2.33. The monoisotopic (exact) mass is 372 g/mol. The van der Waals surface area contributed by atoms with E-state index in [1.165, 1.54) is 0 Å². The molecule has 0 bridgehead atoms. The van der Waals surface area contributed by atoms with Crippen LogP contribution in [0.3, 0.4) is 0 Å². The van der Waals surface area contributed by atoms with Gasteiger partial charge < -0.3 is 14.4 Å². The zero-order valence-corrected chi connectivity index (χ0v) is 14.6. The number of ether oxygens (including phenoxy) is 2. The number of sulfonamides is 1. The number of carbonyl (C=O) groups is 1. The molecule has 0 atom stereocenters. The zero-order chi connectivity index (χ0) is 17.9. The minimum atomic E-state index is -3.77. The first kappa shape index (κ1) is 15.5. The van der Waals surface area contributed by atoms with Gasteiger partial charge in [0.1, 0.15) is 0 Å². The predicted octanol–water partition coefficient (Wildman–Crippen LogP) is 2.05. The van der Waals surface area contributed by atoms with E-state index in [9.17, 15) is 13.2 Å². The van der Waals surface area contributed by atoms with Crippen LogP contribution in [0.25, 0.3) is 0 Å². The molecule has 3 heterocycles. The van der Waals surface area contributed by atoms with E-state index in [0.717, 1.165) is 29.7 Å². The third-order valence-corrected chi connectivity index (χ3v) is 6.28. The van der Waals surface area contributed by atoms with Gasteiger partial charge in [-0.25, -0.2) is 8.42 Å². The fourth-order valence-corrected chi connectivity index (χ4v) is 4.93. The first-order chi connectivity index (χ1) is 12.5. The Labute approximate surface area is 150 Å². The standard InChI is InChI=1S/C18H16N2O5S/c21-17-8-12-7-14(6-11-2-1-5-20(17)18(11)12)26(22,23)19-13-3-4-15-16(9-13)25-10-24-15/h3-4,6-7,9,19H,1-2,5,8,10H2. The van der Waals surface area contributed by atoms with Gasteiger partial charge in [0.2, 0.25) is 12.7 Å². The van der Waals surface area contributed by atoms with E-state index < -0.39 is 10.0 Å². The van der Waals surface area contributed by atoms with Crippen LogP contribution >= 0.6 is 0 Å². The second kappa shape index (κ2) is 5.38. The van der Waals surface area contributed by atoms with Crippen LogP contribution in [-0.4, -0.2) is 27.7 Å². The number of benzene rings is 2. The molecule has 26 heavy (non-hydrogen) atoms.